The van der Waals surface area contributed by atoms with Gasteiger partial charge in [0.25, 0.3) is 5.91 Å². The summed E-state index contributed by atoms with van der Waals surface area (Å²) in [6.07, 6.45) is 2.11. The molecule has 1 heterocycles. The van der Waals surface area contributed by atoms with Gasteiger partial charge in [-0.1, -0.05) is 24.3 Å². The van der Waals surface area contributed by atoms with Gasteiger partial charge in [0.2, 0.25) is 0 Å². The van der Waals surface area contributed by atoms with E-state index in [9.17, 15) is 9.59 Å². The Morgan fingerprint density at radius 1 is 1.00 bits per heavy atom. The Morgan fingerprint density at radius 2 is 1.76 bits per heavy atom. The average molecular weight is 339 g/mol. The van der Waals surface area contributed by atoms with Gasteiger partial charge in [-0.2, -0.15) is 0 Å². The van der Waals surface area contributed by atoms with Crippen LogP contribution in [0.5, 0.6) is 0 Å². The zero-order chi connectivity index (χ0) is 17.5. The van der Waals surface area contributed by atoms with Crippen LogP contribution in [-0.2, 0) is 4.74 Å². The summed E-state index contributed by atoms with van der Waals surface area (Å²) in [4.78, 5) is 24.3. The SMILES string of the molecule is O=C(Nc1ccccc1)Nc1cccc(C(=O)NCC2CCCO2)c1. The lowest BCUT2D eigenvalue weighted by Crippen LogP contribution is -2.31. The van der Waals surface area contributed by atoms with Crippen molar-refractivity contribution < 1.29 is 14.3 Å². The summed E-state index contributed by atoms with van der Waals surface area (Å²) in [5, 5.41) is 8.33. The van der Waals surface area contributed by atoms with E-state index in [0.717, 1.165) is 19.4 Å². The number of hydrogen-bond acceptors (Lipinski definition) is 3. The summed E-state index contributed by atoms with van der Waals surface area (Å²) in [5.41, 5.74) is 1.75. The van der Waals surface area contributed by atoms with E-state index in [1.807, 2.05) is 18.2 Å². The van der Waals surface area contributed by atoms with E-state index in [4.69, 9.17) is 4.74 Å². The third-order valence-electron chi connectivity index (χ3n) is 3.93. The lowest BCUT2D eigenvalue weighted by molar-refractivity contribution is 0.0858. The van der Waals surface area contributed by atoms with Crippen molar-refractivity contribution in [2.75, 3.05) is 23.8 Å². The smallest absolute Gasteiger partial charge is 0.323 e. The second-order valence-corrected chi connectivity index (χ2v) is 5.87. The zero-order valence-electron chi connectivity index (χ0n) is 13.8. The molecule has 1 fully saturated rings. The number of carbonyl (C=O) groups excluding carboxylic acids is 2. The summed E-state index contributed by atoms with van der Waals surface area (Å²) in [5.74, 6) is -0.178. The Balaban J connectivity index is 1.55. The molecule has 1 atom stereocenters. The van der Waals surface area contributed by atoms with Gasteiger partial charge in [-0.05, 0) is 43.2 Å². The van der Waals surface area contributed by atoms with Crippen LogP contribution in [-0.4, -0.2) is 31.2 Å². The third kappa shape index (κ3) is 5.06. The quantitative estimate of drug-likeness (QED) is 0.782. The summed E-state index contributed by atoms with van der Waals surface area (Å²) >= 11 is 0. The molecule has 2 aromatic carbocycles. The van der Waals surface area contributed by atoms with E-state index in [0.29, 0.717) is 23.5 Å². The molecule has 0 spiro atoms. The number of amides is 3. The molecule has 1 saturated heterocycles. The summed E-state index contributed by atoms with van der Waals surface area (Å²) in [6.45, 7) is 1.27. The van der Waals surface area contributed by atoms with Crippen molar-refractivity contribution in [2.45, 2.75) is 18.9 Å². The van der Waals surface area contributed by atoms with Crippen molar-refractivity contribution in [1.29, 1.82) is 0 Å². The molecule has 0 aromatic heterocycles. The molecule has 25 heavy (non-hydrogen) atoms. The lowest BCUT2D eigenvalue weighted by Gasteiger charge is -2.12. The van der Waals surface area contributed by atoms with Crippen LogP contribution in [0.25, 0.3) is 0 Å². The molecule has 2 aromatic rings. The van der Waals surface area contributed by atoms with Crippen molar-refractivity contribution in [1.82, 2.24) is 5.32 Å². The predicted molar refractivity (Wildman–Crippen MR) is 96.8 cm³/mol. The standard InChI is InChI=1S/C19H21N3O3/c23-18(20-13-17-10-5-11-25-17)14-6-4-9-16(12-14)22-19(24)21-15-7-2-1-3-8-15/h1-4,6-9,12,17H,5,10-11,13H2,(H,20,23)(H2,21,22,24). The van der Waals surface area contributed by atoms with Gasteiger partial charge in [0, 0.05) is 30.1 Å². The van der Waals surface area contributed by atoms with E-state index in [1.165, 1.54) is 0 Å². The largest absolute Gasteiger partial charge is 0.376 e. The minimum absolute atomic E-state index is 0.0990. The van der Waals surface area contributed by atoms with Crippen LogP contribution in [0.4, 0.5) is 16.2 Å². The van der Waals surface area contributed by atoms with Crippen molar-refractivity contribution in [3.63, 3.8) is 0 Å². The van der Waals surface area contributed by atoms with Crippen molar-refractivity contribution >= 4 is 23.3 Å². The first-order valence-corrected chi connectivity index (χ1v) is 8.33. The van der Waals surface area contributed by atoms with Crippen LogP contribution in [0.1, 0.15) is 23.2 Å². The number of hydrogen-bond donors (Lipinski definition) is 3. The van der Waals surface area contributed by atoms with E-state index in [-0.39, 0.29) is 18.0 Å². The van der Waals surface area contributed by atoms with Gasteiger partial charge in [0.15, 0.2) is 0 Å². The zero-order valence-corrected chi connectivity index (χ0v) is 13.8. The fraction of sp³-hybridized carbons (Fsp3) is 0.263. The Morgan fingerprint density at radius 3 is 2.52 bits per heavy atom. The maximum absolute atomic E-state index is 12.2. The minimum Gasteiger partial charge on any atom is -0.376 e. The van der Waals surface area contributed by atoms with Crippen LogP contribution >= 0.6 is 0 Å². The van der Waals surface area contributed by atoms with Gasteiger partial charge >= 0.3 is 6.03 Å². The maximum Gasteiger partial charge on any atom is 0.323 e. The van der Waals surface area contributed by atoms with Crippen molar-refractivity contribution in [3.8, 4) is 0 Å². The number of benzene rings is 2. The Kier molecular flexibility index (Phi) is 5.64. The van der Waals surface area contributed by atoms with Gasteiger partial charge in [0.1, 0.15) is 0 Å². The highest BCUT2D eigenvalue weighted by Gasteiger charge is 2.16. The highest BCUT2D eigenvalue weighted by Crippen LogP contribution is 2.13. The first-order valence-electron chi connectivity index (χ1n) is 8.33. The molecule has 0 radical (unpaired) electrons. The van der Waals surface area contributed by atoms with Crippen LogP contribution in [0.3, 0.4) is 0 Å². The van der Waals surface area contributed by atoms with E-state index in [2.05, 4.69) is 16.0 Å². The molecule has 6 nitrogen and oxygen atoms in total. The first kappa shape index (κ1) is 17.0. The molecule has 130 valence electrons. The van der Waals surface area contributed by atoms with E-state index >= 15 is 0 Å². The van der Waals surface area contributed by atoms with Gasteiger partial charge < -0.3 is 20.7 Å². The number of carbonyl (C=O) groups is 2. The highest BCUT2D eigenvalue weighted by molar-refractivity contribution is 6.01. The van der Waals surface area contributed by atoms with Crippen LogP contribution in [0.2, 0.25) is 0 Å². The Labute approximate surface area is 146 Å². The molecule has 3 amide bonds. The molecular formula is C19H21N3O3. The molecule has 3 N–H and O–H groups in total. The van der Waals surface area contributed by atoms with Gasteiger partial charge in [-0.15, -0.1) is 0 Å². The maximum atomic E-state index is 12.2. The Bertz CT molecular complexity index is 728. The summed E-state index contributed by atoms with van der Waals surface area (Å²) in [7, 11) is 0. The fourth-order valence-electron chi connectivity index (χ4n) is 2.67. The third-order valence-corrected chi connectivity index (χ3v) is 3.93. The molecule has 0 aliphatic carbocycles. The predicted octanol–water partition coefficient (Wildman–Crippen LogP) is 3.24. The number of anilines is 2. The molecule has 1 aliphatic heterocycles. The van der Waals surface area contributed by atoms with Crippen LogP contribution in [0, 0.1) is 0 Å². The molecular weight excluding hydrogens is 318 g/mol. The molecule has 1 aliphatic rings. The number of ether oxygens (including phenoxy) is 1. The molecule has 1 unspecified atom stereocenters. The molecule has 6 heteroatoms. The van der Waals surface area contributed by atoms with Gasteiger partial charge in [-0.3, -0.25) is 4.79 Å². The number of nitrogens with one attached hydrogen (secondary N) is 3. The number of rotatable bonds is 5. The van der Waals surface area contributed by atoms with Gasteiger partial charge in [0.05, 0.1) is 6.10 Å². The Hall–Kier alpha value is -2.86. The minimum atomic E-state index is -0.358. The van der Waals surface area contributed by atoms with E-state index < -0.39 is 0 Å². The first-order chi connectivity index (χ1) is 12.2. The monoisotopic (exact) mass is 339 g/mol. The summed E-state index contributed by atoms with van der Waals surface area (Å²) < 4.78 is 5.49. The topological polar surface area (TPSA) is 79.5 Å². The highest BCUT2D eigenvalue weighted by atomic mass is 16.5. The van der Waals surface area contributed by atoms with Crippen molar-refractivity contribution in [3.05, 3.63) is 60.2 Å². The lowest BCUT2D eigenvalue weighted by atomic mass is 10.1. The number of urea groups is 1. The van der Waals surface area contributed by atoms with Crippen LogP contribution < -0.4 is 16.0 Å². The second-order valence-electron chi connectivity index (χ2n) is 5.87. The molecule has 0 bridgehead atoms. The fourth-order valence-corrected chi connectivity index (χ4v) is 2.67. The normalized spacial score (nSPS) is 16.2. The van der Waals surface area contributed by atoms with Gasteiger partial charge in [-0.25, -0.2) is 4.79 Å². The molecule has 0 saturated carbocycles. The number of para-hydroxylation sites is 1. The molecule has 3 rings (SSSR count). The second kappa shape index (κ2) is 8.30. The van der Waals surface area contributed by atoms with Crippen molar-refractivity contribution in [2.24, 2.45) is 0 Å². The van der Waals surface area contributed by atoms with Crippen LogP contribution in [0.15, 0.2) is 54.6 Å². The average Bonchev–Trinajstić information content (AvgIpc) is 3.14. The van der Waals surface area contributed by atoms with E-state index in [1.54, 1.807) is 36.4 Å². The summed E-state index contributed by atoms with van der Waals surface area (Å²) in [6, 6.07) is 15.6.